The van der Waals surface area contributed by atoms with E-state index in [9.17, 15) is 4.79 Å². The first-order valence-electron chi connectivity index (χ1n) is 8.25. The Bertz CT molecular complexity index is 544. The fraction of sp³-hybridized carbons (Fsp3) is 0.611. The van der Waals surface area contributed by atoms with Gasteiger partial charge in [0.15, 0.2) is 0 Å². The topological polar surface area (TPSA) is 58.8 Å². The van der Waals surface area contributed by atoms with Gasteiger partial charge in [0.1, 0.15) is 5.60 Å². The number of nitrogens with zero attached hydrogens (tertiary/aromatic N) is 2. The van der Waals surface area contributed by atoms with Crippen molar-refractivity contribution in [2.24, 2.45) is 0 Å². The van der Waals surface area contributed by atoms with Crippen molar-refractivity contribution in [3.05, 3.63) is 29.3 Å². The van der Waals surface area contributed by atoms with Gasteiger partial charge in [0.25, 0.3) is 0 Å². The summed E-state index contributed by atoms with van der Waals surface area (Å²) in [6.07, 6.45) is 0. The minimum absolute atomic E-state index is 0.141. The van der Waals surface area contributed by atoms with Gasteiger partial charge in [-0.05, 0) is 44.9 Å². The molecule has 0 spiro atoms. The van der Waals surface area contributed by atoms with Gasteiger partial charge in [-0.2, -0.15) is 0 Å². The van der Waals surface area contributed by atoms with Crippen LogP contribution in [0.2, 0.25) is 0 Å². The Morgan fingerprint density at radius 2 is 1.78 bits per heavy atom. The number of nitrogen functional groups attached to an aromatic ring is 1. The molecule has 1 fully saturated rings. The molecule has 0 amide bonds. The van der Waals surface area contributed by atoms with Gasteiger partial charge in [-0.1, -0.05) is 12.1 Å². The molecule has 0 atom stereocenters. The van der Waals surface area contributed by atoms with Crippen LogP contribution in [0.25, 0.3) is 0 Å². The normalized spacial score (nSPS) is 17.2. The van der Waals surface area contributed by atoms with Crippen LogP contribution in [-0.2, 0) is 16.1 Å². The van der Waals surface area contributed by atoms with Crippen molar-refractivity contribution >= 4 is 11.7 Å². The molecule has 1 aromatic carbocycles. The van der Waals surface area contributed by atoms with Gasteiger partial charge >= 0.3 is 5.97 Å². The molecule has 1 aromatic rings. The highest BCUT2D eigenvalue weighted by Gasteiger charge is 2.22. The van der Waals surface area contributed by atoms with Gasteiger partial charge in [0.05, 0.1) is 6.54 Å². The molecule has 2 rings (SSSR count). The average molecular weight is 319 g/mol. The zero-order chi connectivity index (χ0) is 17.0. The second-order valence-electron chi connectivity index (χ2n) is 7.27. The van der Waals surface area contributed by atoms with Crippen LogP contribution in [0, 0.1) is 6.92 Å². The molecule has 23 heavy (non-hydrogen) atoms. The Morgan fingerprint density at radius 3 is 2.39 bits per heavy atom. The van der Waals surface area contributed by atoms with Crippen LogP contribution >= 0.6 is 0 Å². The minimum Gasteiger partial charge on any atom is -0.459 e. The van der Waals surface area contributed by atoms with Crippen molar-refractivity contribution in [3.8, 4) is 0 Å². The number of hydrogen-bond acceptors (Lipinski definition) is 5. The Morgan fingerprint density at radius 1 is 1.17 bits per heavy atom. The van der Waals surface area contributed by atoms with Crippen LogP contribution in [0.15, 0.2) is 18.2 Å². The molecule has 1 aliphatic rings. The molecule has 0 aromatic heterocycles. The molecule has 1 aliphatic heterocycles. The van der Waals surface area contributed by atoms with E-state index in [0.29, 0.717) is 6.54 Å². The molecule has 5 heteroatoms. The third-order valence-electron chi connectivity index (χ3n) is 4.12. The first-order chi connectivity index (χ1) is 10.7. The second-order valence-corrected chi connectivity index (χ2v) is 7.27. The van der Waals surface area contributed by atoms with Crippen molar-refractivity contribution < 1.29 is 9.53 Å². The highest BCUT2D eigenvalue weighted by atomic mass is 16.6. The zero-order valence-electron chi connectivity index (χ0n) is 14.8. The molecule has 5 nitrogen and oxygen atoms in total. The molecule has 128 valence electrons. The molecule has 1 heterocycles. The quantitative estimate of drug-likeness (QED) is 0.680. The number of carbonyl (C=O) groups excluding carboxylic acids is 1. The summed E-state index contributed by atoms with van der Waals surface area (Å²) in [5.74, 6) is -0.141. The molecule has 0 bridgehead atoms. The Balaban J connectivity index is 1.80. The van der Waals surface area contributed by atoms with Gasteiger partial charge in [-0.25, -0.2) is 0 Å². The van der Waals surface area contributed by atoms with Crippen LogP contribution in [0.1, 0.15) is 31.9 Å². The Kier molecular flexibility index (Phi) is 5.65. The fourth-order valence-electron chi connectivity index (χ4n) is 2.78. The maximum atomic E-state index is 11.9. The number of carbonyl (C=O) groups is 1. The maximum absolute atomic E-state index is 11.9. The van der Waals surface area contributed by atoms with E-state index < -0.39 is 5.60 Å². The van der Waals surface area contributed by atoms with Crippen molar-refractivity contribution in [3.63, 3.8) is 0 Å². The first-order valence-corrected chi connectivity index (χ1v) is 8.25. The molecular weight excluding hydrogens is 290 g/mol. The number of rotatable bonds is 4. The molecule has 0 saturated carbocycles. The third-order valence-corrected chi connectivity index (χ3v) is 4.12. The smallest absolute Gasteiger partial charge is 0.320 e. The summed E-state index contributed by atoms with van der Waals surface area (Å²) < 4.78 is 5.38. The summed E-state index contributed by atoms with van der Waals surface area (Å²) in [5, 5.41) is 0. The second kappa shape index (κ2) is 7.32. The largest absolute Gasteiger partial charge is 0.459 e. The van der Waals surface area contributed by atoms with E-state index in [0.717, 1.165) is 38.4 Å². The molecule has 2 N–H and O–H groups in total. The number of nitrogens with two attached hydrogens (primary N) is 1. The Hall–Kier alpha value is -1.59. The van der Waals surface area contributed by atoms with E-state index in [1.165, 1.54) is 11.1 Å². The van der Waals surface area contributed by atoms with Crippen LogP contribution in [0.4, 0.5) is 5.69 Å². The number of anilines is 1. The summed E-state index contributed by atoms with van der Waals surface area (Å²) in [5.41, 5.74) is 8.87. The van der Waals surface area contributed by atoms with Gasteiger partial charge in [-0.15, -0.1) is 0 Å². The van der Waals surface area contributed by atoms with Crippen molar-refractivity contribution in [1.82, 2.24) is 9.80 Å². The number of esters is 1. The summed E-state index contributed by atoms with van der Waals surface area (Å²) >= 11 is 0. The lowest BCUT2D eigenvalue weighted by Gasteiger charge is -2.35. The highest BCUT2D eigenvalue weighted by Crippen LogP contribution is 2.18. The van der Waals surface area contributed by atoms with Crippen LogP contribution in [0.3, 0.4) is 0 Å². The van der Waals surface area contributed by atoms with E-state index in [1.807, 2.05) is 32.9 Å². The van der Waals surface area contributed by atoms with E-state index in [2.05, 4.69) is 22.8 Å². The lowest BCUT2D eigenvalue weighted by atomic mass is 10.1. The van der Waals surface area contributed by atoms with Crippen LogP contribution in [-0.4, -0.2) is 54.1 Å². The van der Waals surface area contributed by atoms with E-state index in [1.54, 1.807) is 0 Å². The van der Waals surface area contributed by atoms with Gasteiger partial charge in [0.2, 0.25) is 0 Å². The number of hydrogen-bond donors (Lipinski definition) is 1. The van der Waals surface area contributed by atoms with Crippen LogP contribution < -0.4 is 5.73 Å². The fourth-order valence-corrected chi connectivity index (χ4v) is 2.78. The maximum Gasteiger partial charge on any atom is 0.320 e. The molecule has 1 saturated heterocycles. The minimum atomic E-state index is -0.413. The van der Waals surface area contributed by atoms with Crippen molar-refractivity contribution in [2.45, 2.75) is 39.8 Å². The van der Waals surface area contributed by atoms with Gasteiger partial charge in [0, 0.05) is 38.4 Å². The molecule has 0 unspecified atom stereocenters. The molecular formula is C18H29N3O2. The summed E-state index contributed by atoms with van der Waals surface area (Å²) in [6.45, 7) is 12.8. The Labute approximate surface area is 139 Å². The summed E-state index contributed by atoms with van der Waals surface area (Å²) in [7, 11) is 0. The lowest BCUT2D eigenvalue weighted by molar-refractivity contribution is -0.156. The zero-order valence-corrected chi connectivity index (χ0v) is 14.8. The van der Waals surface area contributed by atoms with E-state index >= 15 is 0 Å². The highest BCUT2D eigenvalue weighted by molar-refractivity contribution is 5.72. The number of benzene rings is 1. The third kappa shape index (κ3) is 5.52. The van der Waals surface area contributed by atoms with Crippen molar-refractivity contribution in [2.75, 3.05) is 38.5 Å². The predicted molar refractivity (Wildman–Crippen MR) is 93.2 cm³/mol. The SMILES string of the molecule is Cc1c(N)cccc1CN1CCN(CC(=O)OC(C)(C)C)CC1. The lowest BCUT2D eigenvalue weighted by Crippen LogP contribution is -2.48. The van der Waals surface area contributed by atoms with Crippen molar-refractivity contribution in [1.29, 1.82) is 0 Å². The summed E-state index contributed by atoms with van der Waals surface area (Å²) in [4.78, 5) is 16.5. The molecule has 0 radical (unpaired) electrons. The predicted octanol–water partition coefficient (Wildman–Crippen LogP) is 2.04. The van der Waals surface area contributed by atoms with Gasteiger partial charge in [-0.3, -0.25) is 14.6 Å². The molecule has 0 aliphatic carbocycles. The first kappa shape index (κ1) is 17.8. The summed E-state index contributed by atoms with van der Waals surface area (Å²) in [6, 6.07) is 6.09. The monoisotopic (exact) mass is 319 g/mol. The standard InChI is InChI=1S/C18H29N3O2/c1-14-15(6-5-7-16(14)19)12-20-8-10-21(11-9-20)13-17(22)23-18(2,3)4/h5-7H,8-13,19H2,1-4H3. The van der Waals surface area contributed by atoms with Crippen LogP contribution in [0.5, 0.6) is 0 Å². The average Bonchev–Trinajstić information content (AvgIpc) is 2.44. The van der Waals surface area contributed by atoms with E-state index in [4.69, 9.17) is 10.5 Å². The van der Waals surface area contributed by atoms with E-state index in [-0.39, 0.29) is 5.97 Å². The number of piperazine rings is 1. The number of ether oxygens (including phenoxy) is 1. The van der Waals surface area contributed by atoms with Gasteiger partial charge < -0.3 is 10.5 Å².